The highest BCUT2D eigenvalue weighted by Gasteiger charge is 2.20. The van der Waals surface area contributed by atoms with Gasteiger partial charge in [-0.3, -0.25) is 4.79 Å². The van der Waals surface area contributed by atoms with Crippen LogP contribution in [0.5, 0.6) is 0 Å². The zero-order valence-electron chi connectivity index (χ0n) is 11.2. The third-order valence-electron chi connectivity index (χ3n) is 3.25. The minimum absolute atomic E-state index is 0. The monoisotopic (exact) mass is 335 g/mol. The van der Waals surface area contributed by atoms with Gasteiger partial charge in [-0.05, 0) is 23.8 Å². The van der Waals surface area contributed by atoms with Gasteiger partial charge in [0, 0.05) is 21.5 Å². The van der Waals surface area contributed by atoms with E-state index in [1.807, 2.05) is 6.07 Å². The minimum atomic E-state index is -1.27. The Bertz CT molecular complexity index is 904. The smallest absolute Gasteiger partial charge is 0.342 e. The summed E-state index contributed by atoms with van der Waals surface area (Å²) < 4.78 is 0. The van der Waals surface area contributed by atoms with Crippen LogP contribution in [0, 0.1) is 0 Å². The highest BCUT2D eigenvalue weighted by atomic mass is 35.5. The van der Waals surface area contributed by atoms with Gasteiger partial charge >= 0.3 is 5.97 Å². The third kappa shape index (κ3) is 2.71. The number of H-pyrrole nitrogens is 1. The van der Waals surface area contributed by atoms with Gasteiger partial charge < -0.3 is 10.1 Å². The molecule has 22 heavy (non-hydrogen) atoms. The molecule has 0 fully saturated rings. The number of hydrogen-bond donors (Lipinski definition) is 2. The van der Waals surface area contributed by atoms with Crippen LogP contribution in [0.3, 0.4) is 0 Å². The molecule has 0 aliphatic heterocycles. The summed E-state index contributed by atoms with van der Waals surface area (Å²) in [5, 5.41) is 10.5. The second-order valence-electron chi connectivity index (χ2n) is 4.57. The van der Waals surface area contributed by atoms with Crippen LogP contribution in [-0.4, -0.2) is 16.1 Å². The molecular weight excluding hydrogens is 325 g/mol. The standard InChI is InChI=1S/C16H10ClNO3.ClH/c17-10-6-7-12-11(8-10)13(9-4-2-1-3-5-9)14(16(20)21)15(19)18-12;/h1-8H,(H,18,19)(H,20,21);1H. The Morgan fingerprint density at radius 3 is 2.41 bits per heavy atom. The Morgan fingerprint density at radius 2 is 1.77 bits per heavy atom. The lowest BCUT2D eigenvalue weighted by Crippen LogP contribution is -2.19. The molecular formula is C16H11Cl2NO3. The first-order valence-corrected chi connectivity index (χ1v) is 6.60. The van der Waals surface area contributed by atoms with E-state index in [1.54, 1.807) is 42.5 Å². The molecule has 1 heterocycles. The quantitative estimate of drug-likeness (QED) is 0.744. The van der Waals surface area contributed by atoms with Crippen LogP contribution in [0.15, 0.2) is 53.3 Å². The van der Waals surface area contributed by atoms with Crippen molar-refractivity contribution in [3.63, 3.8) is 0 Å². The third-order valence-corrected chi connectivity index (χ3v) is 3.49. The van der Waals surface area contributed by atoms with E-state index in [0.717, 1.165) is 0 Å². The van der Waals surface area contributed by atoms with Crippen molar-refractivity contribution < 1.29 is 9.90 Å². The predicted octanol–water partition coefficient (Wildman–Crippen LogP) is 3.97. The lowest BCUT2D eigenvalue weighted by molar-refractivity contribution is 0.0696. The molecule has 0 saturated heterocycles. The summed E-state index contributed by atoms with van der Waals surface area (Å²) in [5.74, 6) is -1.27. The number of pyridine rings is 1. The topological polar surface area (TPSA) is 70.2 Å². The summed E-state index contributed by atoms with van der Waals surface area (Å²) in [6.07, 6.45) is 0. The van der Waals surface area contributed by atoms with E-state index in [9.17, 15) is 14.7 Å². The molecule has 1 aromatic heterocycles. The van der Waals surface area contributed by atoms with Crippen molar-refractivity contribution >= 4 is 40.9 Å². The molecule has 0 saturated carbocycles. The number of carboxylic acids is 1. The molecule has 0 aliphatic rings. The maximum Gasteiger partial charge on any atom is 0.342 e. The number of carboxylic acid groups (broad SMARTS) is 1. The fourth-order valence-electron chi connectivity index (χ4n) is 2.37. The number of aromatic carboxylic acids is 1. The molecule has 3 rings (SSSR count). The summed E-state index contributed by atoms with van der Waals surface area (Å²) in [6.45, 7) is 0. The fraction of sp³-hybridized carbons (Fsp3) is 0. The highest BCUT2D eigenvalue weighted by molar-refractivity contribution is 6.31. The van der Waals surface area contributed by atoms with Gasteiger partial charge in [0.15, 0.2) is 0 Å². The highest BCUT2D eigenvalue weighted by Crippen LogP contribution is 2.31. The first-order chi connectivity index (χ1) is 10.1. The minimum Gasteiger partial charge on any atom is -0.477 e. The Labute approximate surface area is 136 Å². The molecule has 3 aromatic rings. The summed E-state index contributed by atoms with van der Waals surface area (Å²) in [4.78, 5) is 26.2. The second-order valence-corrected chi connectivity index (χ2v) is 5.00. The number of halogens is 2. The molecule has 0 atom stereocenters. The molecule has 4 nitrogen and oxygen atoms in total. The molecule has 0 radical (unpaired) electrons. The molecule has 112 valence electrons. The lowest BCUT2D eigenvalue weighted by Gasteiger charge is -2.10. The van der Waals surface area contributed by atoms with Gasteiger partial charge in [-0.1, -0.05) is 41.9 Å². The van der Waals surface area contributed by atoms with E-state index >= 15 is 0 Å². The molecule has 6 heteroatoms. The van der Waals surface area contributed by atoms with Crippen LogP contribution in [0.4, 0.5) is 0 Å². The fourth-order valence-corrected chi connectivity index (χ4v) is 2.55. The van der Waals surface area contributed by atoms with Crippen LogP contribution < -0.4 is 5.56 Å². The van der Waals surface area contributed by atoms with Crippen molar-refractivity contribution in [3.8, 4) is 11.1 Å². The van der Waals surface area contributed by atoms with Gasteiger partial charge in [-0.15, -0.1) is 12.4 Å². The second kappa shape index (κ2) is 6.22. The summed E-state index contributed by atoms with van der Waals surface area (Å²) in [6, 6.07) is 13.9. The van der Waals surface area contributed by atoms with E-state index in [1.165, 1.54) is 0 Å². The normalized spacial score (nSPS) is 10.2. The van der Waals surface area contributed by atoms with Gasteiger partial charge in [-0.2, -0.15) is 0 Å². The Hall–Kier alpha value is -2.30. The molecule has 0 amide bonds. The van der Waals surface area contributed by atoms with Crippen LogP contribution in [0.2, 0.25) is 5.02 Å². The van der Waals surface area contributed by atoms with E-state index < -0.39 is 11.5 Å². The number of fused-ring (bicyclic) bond motifs is 1. The van der Waals surface area contributed by atoms with E-state index in [0.29, 0.717) is 27.1 Å². The van der Waals surface area contributed by atoms with Crippen molar-refractivity contribution in [2.75, 3.05) is 0 Å². The van der Waals surface area contributed by atoms with Crippen molar-refractivity contribution in [1.82, 2.24) is 4.98 Å². The zero-order chi connectivity index (χ0) is 15.0. The first kappa shape index (κ1) is 16.1. The maximum atomic E-state index is 12.1. The summed E-state index contributed by atoms with van der Waals surface area (Å²) in [5.41, 5.74) is 0.679. The van der Waals surface area contributed by atoms with Gasteiger partial charge in [0.1, 0.15) is 5.56 Å². The molecule has 2 N–H and O–H groups in total. The average Bonchev–Trinajstić information content (AvgIpc) is 2.47. The van der Waals surface area contributed by atoms with Gasteiger partial charge in [0.2, 0.25) is 0 Å². The van der Waals surface area contributed by atoms with Crippen molar-refractivity contribution in [3.05, 3.63) is 69.5 Å². The number of benzene rings is 2. The van der Waals surface area contributed by atoms with Crippen LogP contribution in [0.25, 0.3) is 22.0 Å². The number of aromatic amines is 1. The van der Waals surface area contributed by atoms with Crippen LogP contribution >= 0.6 is 24.0 Å². The molecule has 0 bridgehead atoms. The van der Waals surface area contributed by atoms with E-state index in [4.69, 9.17) is 11.6 Å². The Kier molecular flexibility index (Phi) is 4.54. The number of rotatable bonds is 2. The predicted molar refractivity (Wildman–Crippen MR) is 89.2 cm³/mol. The van der Waals surface area contributed by atoms with Gasteiger partial charge in [0.05, 0.1) is 0 Å². The molecule has 0 unspecified atom stereocenters. The SMILES string of the molecule is Cl.O=C(O)c1c(-c2ccccc2)c2cc(Cl)ccc2[nH]c1=O. The molecule has 0 aliphatic carbocycles. The van der Waals surface area contributed by atoms with Gasteiger partial charge in [-0.25, -0.2) is 4.79 Å². The van der Waals surface area contributed by atoms with Crippen molar-refractivity contribution in [2.45, 2.75) is 0 Å². The van der Waals surface area contributed by atoms with E-state index in [2.05, 4.69) is 4.98 Å². The Balaban J connectivity index is 0.00000176. The van der Waals surface area contributed by atoms with Crippen LogP contribution in [0.1, 0.15) is 10.4 Å². The zero-order valence-corrected chi connectivity index (χ0v) is 12.7. The number of aromatic nitrogens is 1. The maximum absolute atomic E-state index is 12.1. The van der Waals surface area contributed by atoms with Crippen molar-refractivity contribution in [1.29, 1.82) is 0 Å². The summed E-state index contributed by atoms with van der Waals surface area (Å²) >= 11 is 6.01. The number of hydrogen-bond acceptors (Lipinski definition) is 2. The number of carbonyl (C=O) groups is 1. The summed E-state index contributed by atoms with van der Waals surface area (Å²) in [7, 11) is 0. The van der Waals surface area contributed by atoms with E-state index in [-0.39, 0.29) is 18.0 Å². The average molecular weight is 336 g/mol. The molecule has 0 spiro atoms. The number of nitrogens with one attached hydrogen (secondary N) is 1. The lowest BCUT2D eigenvalue weighted by atomic mass is 9.96. The molecule has 2 aromatic carbocycles. The Morgan fingerprint density at radius 1 is 1.09 bits per heavy atom. The first-order valence-electron chi connectivity index (χ1n) is 6.22. The van der Waals surface area contributed by atoms with Gasteiger partial charge in [0.25, 0.3) is 5.56 Å². The largest absolute Gasteiger partial charge is 0.477 e. The van der Waals surface area contributed by atoms with Crippen molar-refractivity contribution in [2.24, 2.45) is 0 Å². The van der Waals surface area contributed by atoms with Crippen LogP contribution in [-0.2, 0) is 0 Å².